The number of ketones is 1. The summed E-state index contributed by atoms with van der Waals surface area (Å²) < 4.78 is 5.54. The minimum atomic E-state index is -0.271. The Morgan fingerprint density at radius 3 is 2.29 bits per heavy atom. The molecule has 0 saturated heterocycles. The molecule has 1 unspecified atom stereocenters. The van der Waals surface area contributed by atoms with E-state index in [1.165, 1.54) is 0 Å². The van der Waals surface area contributed by atoms with Gasteiger partial charge in [0.2, 0.25) is 5.91 Å². The van der Waals surface area contributed by atoms with Gasteiger partial charge >= 0.3 is 0 Å². The van der Waals surface area contributed by atoms with Crippen LogP contribution in [0.15, 0.2) is 53.7 Å². The molecule has 0 spiro atoms. The first-order valence-corrected chi connectivity index (χ1v) is 11.2. The quantitative estimate of drug-likeness (QED) is 0.522. The summed E-state index contributed by atoms with van der Waals surface area (Å²) in [6.45, 7) is 6.64. The van der Waals surface area contributed by atoms with Crippen LogP contribution < -0.4 is 9.64 Å². The summed E-state index contributed by atoms with van der Waals surface area (Å²) >= 11 is 12.4. The van der Waals surface area contributed by atoms with Crippen molar-refractivity contribution >= 4 is 40.6 Å². The standard InChI is InChI=1S/C25H25Cl2NO3/c1-4-31-19-7-5-15(6-8-19)20-12-23(30)28(18-10-16(26)9-17(27)11-18)21-13-25(2,3)14-22(29)24(20)21/h5-11,20H,4,12-14H2,1-3H3. The van der Waals surface area contributed by atoms with Gasteiger partial charge in [-0.1, -0.05) is 49.2 Å². The molecular formula is C25H25Cl2NO3. The van der Waals surface area contributed by atoms with Crippen LogP contribution in [0, 0.1) is 5.41 Å². The molecule has 2 aromatic carbocycles. The third-order valence-electron chi connectivity index (χ3n) is 5.84. The summed E-state index contributed by atoms with van der Waals surface area (Å²) in [6.07, 6.45) is 1.29. The van der Waals surface area contributed by atoms with Crippen LogP contribution in [-0.4, -0.2) is 18.3 Å². The molecule has 1 heterocycles. The van der Waals surface area contributed by atoms with Gasteiger partial charge in [0.15, 0.2) is 5.78 Å². The van der Waals surface area contributed by atoms with Crippen LogP contribution in [0.25, 0.3) is 0 Å². The Morgan fingerprint density at radius 1 is 1.03 bits per heavy atom. The summed E-state index contributed by atoms with van der Waals surface area (Å²) in [6, 6.07) is 12.8. The highest BCUT2D eigenvalue weighted by atomic mass is 35.5. The average Bonchev–Trinajstić information content (AvgIpc) is 2.66. The predicted molar refractivity (Wildman–Crippen MR) is 124 cm³/mol. The summed E-state index contributed by atoms with van der Waals surface area (Å²) in [4.78, 5) is 28.4. The number of hydrogen-bond acceptors (Lipinski definition) is 3. The minimum Gasteiger partial charge on any atom is -0.494 e. The van der Waals surface area contributed by atoms with Gasteiger partial charge in [-0.25, -0.2) is 0 Å². The molecule has 0 bridgehead atoms. The molecule has 1 atom stereocenters. The molecule has 0 fully saturated rings. The number of rotatable bonds is 4. The van der Waals surface area contributed by atoms with Gasteiger partial charge in [0, 0.05) is 40.1 Å². The molecule has 1 aliphatic carbocycles. The van der Waals surface area contributed by atoms with Crippen molar-refractivity contribution in [1.82, 2.24) is 0 Å². The maximum Gasteiger partial charge on any atom is 0.232 e. The van der Waals surface area contributed by atoms with E-state index >= 15 is 0 Å². The lowest BCUT2D eigenvalue weighted by Crippen LogP contribution is -2.43. The number of benzene rings is 2. The SMILES string of the molecule is CCOc1ccc(C2CC(=O)N(c3cc(Cl)cc(Cl)c3)C3=C2C(=O)CC(C)(C)C3)cc1. The number of Topliss-reactive ketones (excluding diaryl/α,β-unsaturated/α-hetero) is 1. The number of ether oxygens (including phenoxy) is 1. The van der Waals surface area contributed by atoms with Crippen LogP contribution in [0.1, 0.15) is 51.5 Å². The van der Waals surface area contributed by atoms with Crippen molar-refractivity contribution in [3.05, 3.63) is 69.3 Å². The highest BCUT2D eigenvalue weighted by molar-refractivity contribution is 6.35. The Balaban J connectivity index is 1.85. The van der Waals surface area contributed by atoms with Gasteiger partial charge in [-0.05, 0) is 54.7 Å². The molecule has 0 N–H and O–H groups in total. The number of carbonyl (C=O) groups is 2. The molecule has 1 aliphatic heterocycles. The molecule has 0 radical (unpaired) electrons. The zero-order valence-corrected chi connectivity index (χ0v) is 19.4. The average molecular weight is 458 g/mol. The third kappa shape index (κ3) is 4.37. The Labute approximate surface area is 192 Å². The number of hydrogen-bond donors (Lipinski definition) is 0. The zero-order chi connectivity index (χ0) is 22.3. The number of anilines is 1. The van der Waals surface area contributed by atoms with Gasteiger partial charge in [0.25, 0.3) is 0 Å². The van der Waals surface area contributed by atoms with E-state index in [9.17, 15) is 9.59 Å². The molecule has 6 heteroatoms. The first-order chi connectivity index (χ1) is 14.7. The first kappa shape index (κ1) is 21.9. The largest absolute Gasteiger partial charge is 0.494 e. The number of halogens is 2. The van der Waals surface area contributed by atoms with E-state index in [1.54, 1.807) is 23.1 Å². The van der Waals surface area contributed by atoms with E-state index in [2.05, 4.69) is 13.8 Å². The van der Waals surface area contributed by atoms with Crippen molar-refractivity contribution in [2.75, 3.05) is 11.5 Å². The molecule has 0 saturated carbocycles. The second-order valence-electron chi connectivity index (χ2n) is 8.92. The summed E-state index contributed by atoms with van der Waals surface area (Å²) in [5.41, 5.74) is 2.79. The van der Waals surface area contributed by atoms with Gasteiger partial charge in [-0.3, -0.25) is 14.5 Å². The summed E-state index contributed by atoms with van der Waals surface area (Å²) in [5, 5.41) is 0.903. The van der Waals surface area contributed by atoms with Gasteiger partial charge in [-0.15, -0.1) is 0 Å². The number of amides is 1. The number of carbonyl (C=O) groups excluding carboxylic acids is 2. The van der Waals surface area contributed by atoms with E-state index < -0.39 is 0 Å². The Bertz CT molecular complexity index is 1050. The summed E-state index contributed by atoms with van der Waals surface area (Å²) in [7, 11) is 0. The predicted octanol–water partition coefficient (Wildman–Crippen LogP) is 6.56. The maximum atomic E-state index is 13.4. The van der Waals surface area contributed by atoms with Crippen LogP contribution in [0.3, 0.4) is 0 Å². The van der Waals surface area contributed by atoms with Crippen LogP contribution in [0.5, 0.6) is 5.75 Å². The molecule has 4 nitrogen and oxygen atoms in total. The van der Waals surface area contributed by atoms with Crippen molar-refractivity contribution in [2.45, 2.75) is 46.0 Å². The maximum absolute atomic E-state index is 13.4. The van der Waals surface area contributed by atoms with Crippen molar-refractivity contribution < 1.29 is 14.3 Å². The fourth-order valence-corrected chi connectivity index (χ4v) is 5.15. The molecule has 162 valence electrons. The normalized spacial score (nSPS) is 20.7. The Hall–Kier alpha value is -2.30. The highest BCUT2D eigenvalue weighted by Gasteiger charge is 2.44. The van der Waals surface area contributed by atoms with Crippen molar-refractivity contribution in [1.29, 1.82) is 0 Å². The van der Waals surface area contributed by atoms with Crippen molar-refractivity contribution in [3.63, 3.8) is 0 Å². The number of nitrogens with zero attached hydrogens (tertiary/aromatic N) is 1. The van der Waals surface area contributed by atoms with E-state index in [-0.39, 0.29) is 29.4 Å². The van der Waals surface area contributed by atoms with Crippen LogP contribution in [0.2, 0.25) is 10.0 Å². The fourth-order valence-electron chi connectivity index (χ4n) is 4.63. The first-order valence-electron chi connectivity index (χ1n) is 10.5. The second kappa shape index (κ2) is 8.33. The van der Waals surface area contributed by atoms with Crippen LogP contribution in [-0.2, 0) is 9.59 Å². The molecule has 1 amide bonds. The van der Waals surface area contributed by atoms with E-state index in [0.717, 1.165) is 22.6 Å². The van der Waals surface area contributed by atoms with E-state index in [4.69, 9.17) is 27.9 Å². The topological polar surface area (TPSA) is 46.6 Å². The third-order valence-corrected chi connectivity index (χ3v) is 6.28. The lowest BCUT2D eigenvalue weighted by Gasteiger charge is -2.43. The lowest BCUT2D eigenvalue weighted by molar-refractivity contribution is -0.121. The zero-order valence-electron chi connectivity index (χ0n) is 17.9. The van der Waals surface area contributed by atoms with Gasteiger partial charge in [-0.2, -0.15) is 0 Å². The van der Waals surface area contributed by atoms with Crippen molar-refractivity contribution in [3.8, 4) is 5.75 Å². The van der Waals surface area contributed by atoms with E-state index in [0.29, 0.717) is 35.2 Å². The van der Waals surface area contributed by atoms with Crippen LogP contribution in [0.4, 0.5) is 5.69 Å². The second-order valence-corrected chi connectivity index (χ2v) is 9.79. The van der Waals surface area contributed by atoms with Gasteiger partial charge in [0.1, 0.15) is 5.75 Å². The molecular weight excluding hydrogens is 433 g/mol. The lowest BCUT2D eigenvalue weighted by atomic mass is 9.69. The van der Waals surface area contributed by atoms with Gasteiger partial charge < -0.3 is 4.74 Å². The monoisotopic (exact) mass is 457 g/mol. The number of allylic oxidation sites excluding steroid dienone is 2. The van der Waals surface area contributed by atoms with E-state index in [1.807, 2.05) is 31.2 Å². The highest BCUT2D eigenvalue weighted by Crippen LogP contribution is 2.48. The molecule has 0 aromatic heterocycles. The molecule has 31 heavy (non-hydrogen) atoms. The smallest absolute Gasteiger partial charge is 0.232 e. The Morgan fingerprint density at radius 2 is 1.68 bits per heavy atom. The van der Waals surface area contributed by atoms with Crippen molar-refractivity contribution in [2.24, 2.45) is 5.41 Å². The molecule has 4 rings (SSSR count). The fraction of sp³-hybridized carbons (Fsp3) is 0.360. The van der Waals surface area contributed by atoms with Crippen LogP contribution >= 0.6 is 23.2 Å². The molecule has 2 aliphatic rings. The minimum absolute atomic E-state index is 0.0681. The summed E-state index contributed by atoms with van der Waals surface area (Å²) in [5.74, 6) is 0.527. The van der Waals surface area contributed by atoms with Gasteiger partial charge in [0.05, 0.1) is 12.3 Å². The Kier molecular flexibility index (Phi) is 5.89. The molecule has 2 aromatic rings.